The van der Waals surface area contributed by atoms with Crippen LogP contribution in [0.3, 0.4) is 0 Å². The van der Waals surface area contributed by atoms with E-state index in [1.54, 1.807) is 6.07 Å². The van der Waals surface area contributed by atoms with Crippen molar-refractivity contribution in [3.05, 3.63) is 83.3 Å². The average molecular weight is 361 g/mol. The highest BCUT2D eigenvalue weighted by Crippen LogP contribution is 2.28. The summed E-state index contributed by atoms with van der Waals surface area (Å²) < 4.78 is 6.02. The van der Waals surface area contributed by atoms with Gasteiger partial charge in [0.2, 0.25) is 0 Å². The van der Waals surface area contributed by atoms with Gasteiger partial charge in [0.25, 0.3) is 5.91 Å². The second kappa shape index (κ2) is 7.74. The second-order valence-corrected chi connectivity index (χ2v) is 7.08. The van der Waals surface area contributed by atoms with Crippen LogP contribution in [0.5, 0.6) is 0 Å². The molecule has 3 heterocycles. The molecule has 3 aromatic rings. The zero-order valence-corrected chi connectivity index (χ0v) is 15.5. The molecular formula is C22H23N3O2. The van der Waals surface area contributed by atoms with Crippen molar-refractivity contribution in [1.29, 1.82) is 0 Å². The third-order valence-corrected chi connectivity index (χ3v) is 4.96. The van der Waals surface area contributed by atoms with Crippen LogP contribution in [0.1, 0.15) is 52.2 Å². The van der Waals surface area contributed by atoms with Gasteiger partial charge in [-0.05, 0) is 37.5 Å². The van der Waals surface area contributed by atoms with Crippen molar-refractivity contribution in [2.75, 3.05) is 13.1 Å². The van der Waals surface area contributed by atoms with Crippen LogP contribution in [0, 0.1) is 6.92 Å². The zero-order valence-electron chi connectivity index (χ0n) is 15.5. The average Bonchev–Trinajstić information content (AvgIpc) is 3.17. The van der Waals surface area contributed by atoms with Crippen molar-refractivity contribution >= 4 is 5.91 Å². The molecule has 27 heavy (non-hydrogen) atoms. The van der Waals surface area contributed by atoms with Crippen LogP contribution in [0.15, 0.2) is 59.1 Å². The molecule has 1 saturated heterocycles. The Bertz CT molecular complexity index is 920. The van der Waals surface area contributed by atoms with Gasteiger partial charge in [0.05, 0.1) is 12.1 Å². The Kier molecular flexibility index (Phi) is 5.01. The summed E-state index contributed by atoms with van der Waals surface area (Å²) in [5, 5.41) is 0. The first-order valence-corrected chi connectivity index (χ1v) is 9.40. The van der Waals surface area contributed by atoms with E-state index in [1.165, 1.54) is 5.56 Å². The van der Waals surface area contributed by atoms with E-state index in [-0.39, 0.29) is 11.8 Å². The van der Waals surface area contributed by atoms with Gasteiger partial charge in [-0.2, -0.15) is 0 Å². The lowest BCUT2D eigenvalue weighted by Crippen LogP contribution is -2.39. The molecule has 1 aliphatic heterocycles. The van der Waals surface area contributed by atoms with Gasteiger partial charge in [-0.3, -0.25) is 4.79 Å². The van der Waals surface area contributed by atoms with Crippen molar-refractivity contribution < 1.29 is 9.21 Å². The summed E-state index contributed by atoms with van der Waals surface area (Å²) in [7, 11) is 0. The number of carbonyl (C=O) groups is 1. The predicted octanol–water partition coefficient (Wildman–Crippen LogP) is 3.99. The standard InChI is InChI=1S/C22H23N3O2/c1-16-7-5-11-20(24-16)22(26)25-12-6-10-18(15-25)21-23-14-19(27-21)13-17-8-3-2-4-9-17/h2-5,7-9,11,14,18H,6,10,12-13,15H2,1H3/t18-/m1/s1. The Hall–Kier alpha value is -2.95. The van der Waals surface area contributed by atoms with E-state index in [0.29, 0.717) is 12.2 Å². The van der Waals surface area contributed by atoms with Gasteiger partial charge in [-0.25, -0.2) is 9.97 Å². The molecule has 0 saturated carbocycles. The fourth-order valence-electron chi connectivity index (χ4n) is 3.58. The van der Waals surface area contributed by atoms with Crippen LogP contribution >= 0.6 is 0 Å². The molecule has 1 aliphatic rings. The number of rotatable bonds is 4. The minimum Gasteiger partial charge on any atom is -0.445 e. The normalized spacial score (nSPS) is 17.1. The minimum absolute atomic E-state index is 0.0144. The number of amides is 1. The Morgan fingerprint density at radius 2 is 2.04 bits per heavy atom. The minimum atomic E-state index is -0.0144. The number of carbonyl (C=O) groups excluding carboxylic acids is 1. The first kappa shape index (κ1) is 17.5. The molecule has 0 N–H and O–H groups in total. The molecule has 2 aromatic heterocycles. The Labute approximate surface area is 159 Å². The molecule has 1 atom stereocenters. The monoisotopic (exact) mass is 361 g/mol. The molecule has 138 valence electrons. The first-order chi connectivity index (χ1) is 13.2. The summed E-state index contributed by atoms with van der Waals surface area (Å²) in [6.07, 6.45) is 4.47. The molecule has 5 nitrogen and oxygen atoms in total. The van der Waals surface area contributed by atoms with E-state index in [2.05, 4.69) is 22.1 Å². The van der Waals surface area contributed by atoms with E-state index in [0.717, 1.165) is 43.2 Å². The second-order valence-electron chi connectivity index (χ2n) is 7.08. The van der Waals surface area contributed by atoms with Gasteiger partial charge in [-0.1, -0.05) is 36.4 Å². The maximum Gasteiger partial charge on any atom is 0.272 e. The molecule has 0 unspecified atom stereocenters. The van der Waals surface area contributed by atoms with Crippen LogP contribution < -0.4 is 0 Å². The molecule has 4 rings (SSSR count). The van der Waals surface area contributed by atoms with E-state index in [4.69, 9.17) is 4.42 Å². The summed E-state index contributed by atoms with van der Waals surface area (Å²) in [4.78, 5) is 23.5. The lowest BCUT2D eigenvalue weighted by atomic mass is 9.97. The van der Waals surface area contributed by atoms with Crippen LogP contribution in [0.4, 0.5) is 0 Å². The number of aryl methyl sites for hydroxylation is 1. The number of hydrogen-bond acceptors (Lipinski definition) is 4. The first-order valence-electron chi connectivity index (χ1n) is 9.40. The number of pyridine rings is 1. The Balaban J connectivity index is 1.45. The molecule has 1 amide bonds. The van der Waals surface area contributed by atoms with Crippen molar-refractivity contribution in [2.45, 2.75) is 32.1 Å². The summed E-state index contributed by atoms with van der Waals surface area (Å²) in [5.41, 5.74) is 2.56. The summed E-state index contributed by atoms with van der Waals surface area (Å²) in [6, 6.07) is 15.8. The van der Waals surface area contributed by atoms with Crippen LogP contribution in [0.2, 0.25) is 0 Å². The van der Waals surface area contributed by atoms with E-state index in [9.17, 15) is 4.79 Å². The van der Waals surface area contributed by atoms with Crippen molar-refractivity contribution in [3.8, 4) is 0 Å². The number of benzene rings is 1. The highest BCUT2D eigenvalue weighted by Gasteiger charge is 2.29. The number of piperidine rings is 1. The Morgan fingerprint density at radius 1 is 1.19 bits per heavy atom. The van der Waals surface area contributed by atoms with E-state index < -0.39 is 0 Å². The van der Waals surface area contributed by atoms with Gasteiger partial charge < -0.3 is 9.32 Å². The van der Waals surface area contributed by atoms with Gasteiger partial charge in [0.15, 0.2) is 5.89 Å². The molecule has 1 aromatic carbocycles. The topological polar surface area (TPSA) is 59.2 Å². The molecule has 5 heteroatoms. The quantitative estimate of drug-likeness (QED) is 0.705. The predicted molar refractivity (Wildman–Crippen MR) is 103 cm³/mol. The summed E-state index contributed by atoms with van der Waals surface area (Å²) in [6.45, 7) is 3.28. The smallest absolute Gasteiger partial charge is 0.272 e. The largest absolute Gasteiger partial charge is 0.445 e. The van der Waals surface area contributed by atoms with Gasteiger partial charge in [-0.15, -0.1) is 0 Å². The zero-order chi connectivity index (χ0) is 18.6. The highest BCUT2D eigenvalue weighted by atomic mass is 16.4. The van der Waals surface area contributed by atoms with Crippen LogP contribution in [0.25, 0.3) is 0 Å². The maximum atomic E-state index is 12.8. The molecule has 1 fully saturated rings. The lowest BCUT2D eigenvalue weighted by molar-refractivity contribution is 0.0691. The van der Waals surface area contributed by atoms with Crippen LogP contribution in [-0.4, -0.2) is 33.9 Å². The van der Waals surface area contributed by atoms with Gasteiger partial charge in [0.1, 0.15) is 11.5 Å². The molecule has 0 bridgehead atoms. The highest BCUT2D eigenvalue weighted by molar-refractivity contribution is 5.92. The molecule has 0 radical (unpaired) electrons. The number of hydrogen-bond donors (Lipinski definition) is 0. The molecular weight excluding hydrogens is 338 g/mol. The van der Waals surface area contributed by atoms with E-state index in [1.807, 2.05) is 48.4 Å². The molecule has 0 aliphatic carbocycles. The third-order valence-electron chi connectivity index (χ3n) is 4.96. The van der Waals surface area contributed by atoms with Crippen LogP contribution in [-0.2, 0) is 6.42 Å². The van der Waals surface area contributed by atoms with Crippen molar-refractivity contribution in [3.63, 3.8) is 0 Å². The third kappa shape index (κ3) is 4.08. The summed E-state index contributed by atoms with van der Waals surface area (Å²) in [5.74, 6) is 1.71. The number of oxazole rings is 1. The SMILES string of the molecule is Cc1cccc(C(=O)N2CCC[C@@H](c3ncc(Cc4ccccc4)o3)C2)n1. The fourth-order valence-corrected chi connectivity index (χ4v) is 3.58. The van der Waals surface area contributed by atoms with Gasteiger partial charge >= 0.3 is 0 Å². The van der Waals surface area contributed by atoms with Crippen molar-refractivity contribution in [2.24, 2.45) is 0 Å². The summed E-state index contributed by atoms with van der Waals surface area (Å²) >= 11 is 0. The Morgan fingerprint density at radius 3 is 2.85 bits per heavy atom. The van der Waals surface area contributed by atoms with Gasteiger partial charge in [0, 0.05) is 25.2 Å². The number of aromatic nitrogens is 2. The number of nitrogens with zero attached hydrogens (tertiary/aromatic N) is 3. The number of likely N-dealkylation sites (tertiary alicyclic amines) is 1. The van der Waals surface area contributed by atoms with Crippen molar-refractivity contribution in [1.82, 2.24) is 14.9 Å². The van der Waals surface area contributed by atoms with E-state index >= 15 is 0 Å². The maximum absolute atomic E-state index is 12.8. The molecule has 0 spiro atoms. The lowest BCUT2D eigenvalue weighted by Gasteiger charge is -2.31. The fraction of sp³-hybridized carbons (Fsp3) is 0.318.